The standard InChI is InChI=1S/C18H14Cl2N2O3/c1-22-10-12(9-21-22)17(23)7-5-14-3-4-15(25-14)11-24-18-8-13(19)2-6-16(18)20/h2-10H,11H2,1H3/b7-5+. The molecule has 5 nitrogen and oxygen atoms in total. The molecule has 0 saturated carbocycles. The van der Waals surface area contributed by atoms with Crippen LogP contribution in [0.5, 0.6) is 5.75 Å². The normalized spacial score (nSPS) is 11.2. The Balaban J connectivity index is 1.61. The largest absolute Gasteiger partial charge is 0.484 e. The summed E-state index contributed by atoms with van der Waals surface area (Å²) in [5.41, 5.74) is 0.518. The first-order chi connectivity index (χ1) is 12.0. The Labute approximate surface area is 154 Å². The van der Waals surface area contributed by atoms with Gasteiger partial charge in [0.25, 0.3) is 0 Å². The SMILES string of the molecule is Cn1cc(C(=O)/C=C/c2ccc(COc3cc(Cl)ccc3Cl)o2)cn1. The van der Waals surface area contributed by atoms with Crippen LogP contribution in [0.1, 0.15) is 21.9 Å². The Hall–Kier alpha value is -2.50. The van der Waals surface area contributed by atoms with Gasteiger partial charge in [-0.05, 0) is 36.4 Å². The molecule has 0 aliphatic rings. The van der Waals surface area contributed by atoms with Gasteiger partial charge in [0, 0.05) is 24.3 Å². The number of aryl methyl sites for hydroxylation is 1. The van der Waals surface area contributed by atoms with Crippen molar-refractivity contribution < 1.29 is 13.9 Å². The lowest BCUT2D eigenvalue weighted by Gasteiger charge is -2.06. The molecule has 0 fully saturated rings. The quantitative estimate of drug-likeness (QED) is 0.458. The third kappa shape index (κ3) is 4.53. The van der Waals surface area contributed by atoms with Crippen LogP contribution < -0.4 is 4.74 Å². The van der Waals surface area contributed by atoms with E-state index in [9.17, 15) is 4.79 Å². The van der Waals surface area contributed by atoms with Crippen LogP contribution >= 0.6 is 23.2 Å². The number of furan rings is 1. The molecule has 7 heteroatoms. The maximum atomic E-state index is 12.0. The molecule has 25 heavy (non-hydrogen) atoms. The van der Waals surface area contributed by atoms with E-state index < -0.39 is 0 Å². The van der Waals surface area contributed by atoms with Crippen molar-refractivity contribution in [1.82, 2.24) is 9.78 Å². The second kappa shape index (κ2) is 7.59. The Morgan fingerprint density at radius 2 is 2.16 bits per heavy atom. The Kier molecular flexibility index (Phi) is 5.26. The predicted octanol–water partition coefficient (Wildman–Crippen LogP) is 4.80. The first-order valence-electron chi connectivity index (χ1n) is 7.39. The summed E-state index contributed by atoms with van der Waals surface area (Å²) in [6.45, 7) is 0.199. The van der Waals surface area contributed by atoms with E-state index in [2.05, 4.69) is 5.10 Å². The number of carbonyl (C=O) groups is 1. The number of ketones is 1. The van der Waals surface area contributed by atoms with Crippen LogP contribution in [-0.2, 0) is 13.7 Å². The monoisotopic (exact) mass is 376 g/mol. The van der Waals surface area contributed by atoms with Crippen LogP contribution in [0.25, 0.3) is 6.08 Å². The molecule has 0 N–H and O–H groups in total. The van der Waals surface area contributed by atoms with Crippen LogP contribution in [0, 0.1) is 0 Å². The van der Waals surface area contributed by atoms with E-state index in [-0.39, 0.29) is 12.4 Å². The van der Waals surface area contributed by atoms with E-state index in [0.29, 0.717) is 32.9 Å². The molecule has 0 atom stereocenters. The van der Waals surface area contributed by atoms with Crippen molar-refractivity contribution in [2.24, 2.45) is 7.05 Å². The fourth-order valence-corrected chi connectivity index (χ4v) is 2.44. The first kappa shape index (κ1) is 17.3. The average Bonchev–Trinajstić information content (AvgIpc) is 3.22. The maximum Gasteiger partial charge on any atom is 0.189 e. The maximum absolute atomic E-state index is 12.0. The molecule has 0 amide bonds. The highest BCUT2D eigenvalue weighted by molar-refractivity contribution is 6.34. The summed E-state index contributed by atoms with van der Waals surface area (Å²) in [5, 5.41) is 4.97. The van der Waals surface area contributed by atoms with E-state index in [1.807, 2.05) is 0 Å². The summed E-state index contributed by atoms with van der Waals surface area (Å²) in [4.78, 5) is 12.0. The molecule has 3 aromatic rings. The fraction of sp³-hybridized carbons (Fsp3) is 0.111. The summed E-state index contributed by atoms with van der Waals surface area (Å²) >= 11 is 12.0. The van der Waals surface area contributed by atoms with Crippen molar-refractivity contribution in [3.05, 3.63) is 75.9 Å². The third-order valence-corrected chi connectivity index (χ3v) is 3.88. The Morgan fingerprint density at radius 3 is 2.92 bits per heavy atom. The first-order valence-corrected chi connectivity index (χ1v) is 8.14. The fourth-order valence-electron chi connectivity index (χ4n) is 2.10. The highest BCUT2D eigenvalue weighted by atomic mass is 35.5. The zero-order valence-electron chi connectivity index (χ0n) is 13.3. The predicted molar refractivity (Wildman–Crippen MR) is 96.1 cm³/mol. The van der Waals surface area contributed by atoms with Gasteiger partial charge in [-0.15, -0.1) is 0 Å². The summed E-state index contributed by atoms with van der Waals surface area (Å²) in [5.74, 6) is 1.49. The molecular formula is C18H14Cl2N2O3. The molecule has 128 valence electrons. The zero-order valence-corrected chi connectivity index (χ0v) is 14.8. The van der Waals surface area contributed by atoms with Gasteiger partial charge >= 0.3 is 0 Å². The number of hydrogen-bond donors (Lipinski definition) is 0. The van der Waals surface area contributed by atoms with Gasteiger partial charge in [-0.25, -0.2) is 0 Å². The molecule has 0 aliphatic carbocycles. The number of aromatic nitrogens is 2. The van der Waals surface area contributed by atoms with E-state index in [1.165, 1.54) is 12.3 Å². The van der Waals surface area contributed by atoms with E-state index in [1.54, 1.807) is 54.3 Å². The number of halogens is 2. The third-order valence-electron chi connectivity index (χ3n) is 3.33. The molecule has 0 radical (unpaired) electrons. The highest BCUT2D eigenvalue weighted by Gasteiger charge is 2.07. The molecule has 0 spiro atoms. The molecule has 0 bridgehead atoms. The zero-order chi connectivity index (χ0) is 17.8. The van der Waals surface area contributed by atoms with Crippen LogP contribution in [-0.4, -0.2) is 15.6 Å². The number of carbonyl (C=O) groups excluding carboxylic acids is 1. The minimum atomic E-state index is -0.145. The minimum Gasteiger partial charge on any atom is -0.484 e. The second-order valence-electron chi connectivity index (χ2n) is 5.27. The number of benzene rings is 1. The lowest BCUT2D eigenvalue weighted by Crippen LogP contribution is -1.94. The van der Waals surface area contributed by atoms with Gasteiger partial charge < -0.3 is 9.15 Å². The summed E-state index contributed by atoms with van der Waals surface area (Å²) in [7, 11) is 1.76. The number of hydrogen-bond acceptors (Lipinski definition) is 4. The van der Waals surface area contributed by atoms with Crippen molar-refractivity contribution >= 4 is 35.1 Å². The number of nitrogens with zero attached hydrogens (tertiary/aromatic N) is 2. The van der Waals surface area contributed by atoms with Crippen LogP contribution in [0.3, 0.4) is 0 Å². The van der Waals surface area contributed by atoms with Crippen molar-refractivity contribution in [3.8, 4) is 5.75 Å². The van der Waals surface area contributed by atoms with Gasteiger partial charge in [0.1, 0.15) is 23.9 Å². The highest BCUT2D eigenvalue weighted by Crippen LogP contribution is 2.28. The van der Waals surface area contributed by atoms with Crippen LogP contribution in [0.4, 0.5) is 0 Å². The molecule has 0 saturated heterocycles. The molecule has 3 rings (SSSR count). The lowest BCUT2D eigenvalue weighted by atomic mass is 10.2. The molecule has 0 aliphatic heterocycles. The van der Waals surface area contributed by atoms with Gasteiger partial charge in [0.15, 0.2) is 5.78 Å². The topological polar surface area (TPSA) is 57.3 Å². The lowest BCUT2D eigenvalue weighted by molar-refractivity contribution is 0.104. The second-order valence-corrected chi connectivity index (χ2v) is 6.11. The number of ether oxygens (including phenoxy) is 1. The van der Waals surface area contributed by atoms with Crippen LogP contribution in [0.2, 0.25) is 10.0 Å². The van der Waals surface area contributed by atoms with Gasteiger partial charge in [0.2, 0.25) is 0 Å². The van der Waals surface area contributed by atoms with Gasteiger partial charge in [0.05, 0.1) is 16.8 Å². The van der Waals surface area contributed by atoms with Crippen LogP contribution in [0.15, 0.2) is 53.2 Å². The van der Waals surface area contributed by atoms with E-state index in [0.717, 1.165) is 0 Å². The van der Waals surface area contributed by atoms with Crippen molar-refractivity contribution in [2.75, 3.05) is 0 Å². The van der Waals surface area contributed by atoms with Crippen molar-refractivity contribution in [3.63, 3.8) is 0 Å². The van der Waals surface area contributed by atoms with E-state index >= 15 is 0 Å². The Bertz CT molecular complexity index is 928. The van der Waals surface area contributed by atoms with E-state index in [4.69, 9.17) is 32.4 Å². The Morgan fingerprint density at radius 1 is 1.32 bits per heavy atom. The molecule has 1 aromatic carbocycles. The molecule has 0 unspecified atom stereocenters. The molecule has 2 heterocycles. The molecular weight excluding hydrogens is 363 g/mol. The summed E-state index contributed by atoms with van der Waals surface area (Å²) < 4.78 is 12.8. The van der Waals surface area contributed by atoms with Crippen molar-refractivity contribution in [2.45, 2.75) is 6.61 Å². The number of rotatable bonds is 6. The smallest absolute Gasteiger partial charge is 0.189 e. The van der Waals surface area contributed by atoms with Gasteiger partial charge in [-0.1, -0.05) is 23.2 Å². The summed E-state index contributed by atoms with van der Waals surface area (Å²) in [6, 6.07) is 8.52. The number of allylic oxidation sites excluding steroid dienone is 1. The van der Waals surface area contributed by atoms with Crippen molar-refractivity contribution in [1.29, 1.82) is 0 Å². The molecule has 2 aromatic heterocycles. The summed E-state index contributed by atoms with van der Waals surface area (Å²) in [6.07, 6.45) is 6.21. The minimum absolute atomic E-state index is 0.145. The van der Waals surface area contributed by atoms with Gasteiger partial charge in [-0.2, -0.15) is 5.10 Å². The van der Waals surface area contributed by atoms with Gasteiger partial charge in [-0.3, -0.25) is 9.48 Å². The average molecular weight is 377 g/mol.